The Bertz CT molecular complexity index is 631. The zero-order valence-corrected chi connectivity index (χ0v) is 12.2. The molecule has 112 valence electrons. The normalized spacial score (nSPS) is 10.7. The first-order chi connectivity index (χ1) is 10.2. The van der Waals surface area contributed by atoms with E-state index >= 15 is 0 Å². The van der Waals surface area contributed by atoms with Gasteiger partial charge in [-0.15, -0.1) is 0 Å². The molecule has 1 N–H and O–H groups in total. The molecule has 0 bridgehead atoms. The molecule has 0 aliphatic carbocycles. The van der Waals surface area contributed by atoms with Gasteiger partial charge < -0.3 is 0 Å². The Morgan fingerprint density at radius 1 is 1.33 bits per heavy atom. The van der Waals surface area contributed by atoms with Crippen molar-refractivity contribution in [3.05, 3.63) is 40.6 Å². The Morgan fingerprint density at radius 2 is 2.19 bits per heavy atom. The lowest BCUT2D eigenvalue weighted by atomic mass is 10.1. The minimum Gasteiger partial charge on any atom is -0.299 e. The van der Waals surface area contributed by atoms with Crippen molar-refractivity contribution in [2.75, 3.05) is 0 Å². The summed E-state index contributed by atoms with van der Waals surface area (Å²) < 4.78 is 1.47. The highest BCUT2D eigenvalue weighted by atomic mass is 16.1. The molecule has 0 spiro atoms. The molecule has 0 aliphatic heterocycles. The van der Waals surface area contributed by atoms with E-state index < -0.39 is 0 Å². The molecular formula is C15H20N4O2. The number of nitrogens with zero attached hydrogens (tertiary/aromatic N) is 3. The minimum absolute atomic E-state index is 0.0882. The van der Waals surface area contributed by atoms with Crippen LogP contribution in [0.3, 0.4) is 0 Å². The lowest BCUT2D eigenvalue weighted by molar-refractivity contribution is -0.118. The second-order valence-electron chi connectivity index (χ2n) is 5.04. The largest absolute Gasteiger partial charge is 0.299 e. The van der Waals surface area contributed by atoms with E-state index in [1.807, 2.05) is 0 Å². The average Bonchev–Trinajstić information content (AvgIpc) is 3.00. The third-order valence-electron chi connectivity index (χ3n) is 3.28. The number of aromatic nitrogens is 4. The highest BCUT2D eigenvalue weighted by molar-refractivity contribution is 5.80. The molecule has 0 fully saturated rings. The molecule has 2 aromatic rings. The summed E-state index contributed by atoms with van der Waals surface area (Å²) in [6.07, 6.45) is 9.68. The van der Waals surface area contributed by atoms with E-state index in [1.54, 1.807) is 18.5 Å². The average molecular weight is 288 g/mol. The topological polar surface area (TPSA) is 80.6 Å². The van der Waals surface area contributed by atoms with E-state index in [2.05, 4.69) is 22.0 Å². The van der Waals surface area contributed by atoms with Gasteiger partial charge in [0, 0.05) is 37.0 Å². The Kier molecular flexibility index (Phi) is 5.43. The number of nitrogens with one attached hydrogen (secondary N) is 1. The predicted octanol–water partition coefficient (Wildman–Crippen LogP) is 2.04. The van der Waals surface area contributed by atoms with Crippen LogP contribution in [0.1, 0.15) is 44.6 Å². The lowest BCUT2D eigenvalue weighted by Crippen LogP contribution is -2.20. The van der Waals surface area contributed by atoms with E-state index in [0.29, 0.717) is 17.9 Å². The summed E-state index contributed by atoms with van der Waals surface area (Å²) in [5, 5.41) is 3.99. The van der Waals surface area contributed by atoms with Crippen molar-refractivity contribution in [3.8, 4) is 5.95 Å². The highest BCUT2D eigenvalue weighted by Gasteiger charge is 2.09. The summed E-state index contributed by atoms with van der Waals surface area (Å²) in [5.74, 6) is 0.439. The first kappa shape index (κ1) is 15.2. The fourth-order valence-corrected chi connectivity index (χ4v) is 2.10. The molecular weight excluding hydrogens is 268 g/mol. The number of rotatable bonds is 8. The number of Topliss-reactive ketones (excluding diaryl/α,β-unsaturated/α-hetero) is 1. The highest BCUT2D eigenvalue weighted by Crippen LogP contribution is 2.05. The van der Waals surface area contributed by atoms with Crippen molar-refractivity contribution in [1.82, 2.24) is 19.7 Å². The lowest BCUT2D eigenvalue weighted by Gasteiger charge is -2.03. The van der Waals surface area contributed by atoms with E-state index in [0.717, 1.165) is 25.7 Å². The van der Waals surface area contributed by atoms with Crippen LogP contribution in [0.25, 0.3) is 5.95 Å². The summed E-state index contributed by atoms with van der Waals surface area (Å²) in [6.45, 7) is 2.13. The molecule has 0 aromatic carbocycles. The standard InChI is InChI=1S/C15H20N4O2/c1-2-3-4-5-7-13(20)10-12-11-16-15(18-14(12)21)19-9-6-8-17-19/h6,8-9,11H,2-5,7,10H2,1H3,(H,16,18,21). The number of hydrogen-bond acceptors (Lipinski definition) is 4. The zero-order chi connectivity index (χ0) is 15.1. The Hall–Kier alpha value is -2.24. The minimum atomic E-state index is -0.280. The van der Waals surface area contributed by atoms with Crippen LogP contribution in [0.5, 0.6) is 0 Å². The molecule has 0 saturated carbocycles. The van der Waals surface area contributed by atoms with E-state index in [1.165, 1.54) is 10.9 Å². The summed E-state index contributed by atoms with van der Waals surface area (Å²) in [6, 6.07) is 1.74. The zero-order valence-electron chi connectivity index (χ0n) is 12.2. The van der Waals surface area contributed by atoms with Gasteiger partial charge in [-0.3, -0.25) is 14.6 Å². The second kappa shape index (κ2) is 7.52. The number of ketones is 1. The van der Waals surface area contributed by atoms with Crippen molar-refractivity contribution in [3.63, 3.8) is 0 Å². The molecule has 6 heteroatoms. The second-order valence-corrected chi connectivity index (χ2v) is 5.04. The van der Waals surface area contributed by atoms with Gasteiger partial charge in [0.1, 0.15) is 5.78 Å². The molecule has 0 aliphatic rings. The van der Waals surface area contributed by atoms with Gasteiger partial charge in [0.2, 0.25) is 5.95 Å². The Morgan fingerprint density at radius 3 is 2.86 bits per heavy atom. The maximum atomic E-state index is 12.0. The molecule has 6 nitrogen and oxygen atoms in total. The van der Waals surface area contributed by atoms with Crippen LogP contribution in [0, 0.1) is 0 Å². The van der Waals surface area contributed by atoms with E-state index in [-0.39, 0.29) is 17.8 Å². The van der Waals surface area contributed by atoms with Gasteiger partial charge in [-0.2, -0.15) is 5.10 Å². The summed E-state index contributed by atoms with van der Waals surface area (Å²) in [7, 11) is 0. The van der Waals surface area contributed by atoms with Crippen LogP contribution < -0.4 is 5.56 Å². The Labute approximate surface area is 123 Å². The van der Waals surface area contributed by atoms with Crippen LogP contribution in [0.15, 0.2) is 29.5 Å². The quantitative estimate of drug-likeness (QED) is 0.754. The number of carbonyl (C=O) groups excluding carboxylic acids is 1. The number of H-pyrrole nitrogens is 1. The molecule has 2 rings (SSSR count). The van der Waals surface area contributed by atoms with E-state index in [9.17, 15) is 9.59 Å². The number of carbonyl (C=O) groups is 1. The first-order valence-electron chi connectivity index (χ1n) is 7.30. The monoisotopic (exact) mass is 288 g/mol. The fraction of sp³-hybridized carbons (Fsp3) is 0.467. The predicted molar refractivity (Wildman–Crippen MR) is 79.4 cm³/mol. The van der Waals surface area contributed by atoms with Crippen molar-refractivity contribution >= 4 is 5.78 Å². The fourth-order valence-electron chi connectivity index (χ4n) is 2.10. The van der Waals surface area contributed by atoms with Gasteiger partial charge in [0.05, 0.1) is 0 Å². The molecule has 0 saturated heterocycles. The van der Waals surface area contributed by atoms with Gasteiger partial charge in [0.15, 0.2) is 0 Å². The Balaban J connectivity index is 1.95. The number of hydrogen-bond donors (Lipinski definition) is 1. The third-order valence-corrected chi connectivity index (χ3v) is 3.28. The van der Waals surface area contributed by atoms with Gasteiger partial charge in [-0.1, -0.05) is 26.2 Å². The molecule has 0 radical (unpaired) electrons. The first-order valence-corrected chi connectivity index (χ1v) is 7.30. The molecule has 0 atom stereocenters. The number of unbranched alkanes of at least 4 members (excludes halogenated alkanes) is 3. The van der Waals surface area contributed by atoms with Crippen molar-refractivity contribution in [2.45, 2.75) is 45.4 Å². The SMILES string of the molecule is CCCCCCC(=O)Cc1cnc(-n2cccn2)[nH]c1=O. The van der Waals surface area contributed by atoms with Crippen LogP contribution in [0.2, 0.25) is 0 Å². The van der Waals surface area contributed by atoms with Crippen LogP contribution in [-0.2, 0) is 11.2 Å². The molecule has 0 amide bonds. The molecule has 0 unspecified atom stereocenters. The van der Waals surface area contributed by atoms with E-state index in [4.69, 9.17) is 0 Å². The maximum Gasteiger partial charge on any atom is 0.255 e. The van der Waals surface area contributed by atoms with Gasteiger partial charge in [0.25, 0.3) is 5.56 Å². The summed E-state index contributed by atoms with van der Waals surface area (Å²) in [4.78, 5) is 30.6. The summed E-state index contributed by atoms with van der Waals surface area (Å²) >= 11 is 0. The van der Waals surface area contributed by atoms with Gasteiger partial charge >= 0.3 is 0 Å². The van der Waals surface area contributed by atoms with Gasteiger partial charge in [-0.25, -0.2) is 9.67 Å². The van der Waals surface area contributed by atoms with Crippen molar-refractivity contribution < 1.29 is 4.79 Å². The van der Waals surface area contributed by atoms with Crippen LogP contribution in [-0.4, -0.2) is 25.5 Å². The molecule has 21 heavy (non-hydrogen) atoms. The third kappa shape index (κ3) is 4.37. The molecule has 2 heterocycles. The summed E-state index contributed by atoms with van der Waals surface area (Å²) in [5.41, 5.74) is 0.129. The van der Waals surface area contributed by atoms with Gasteiger partial charge in [-0.05, 0) is 12.5 Å². The van der Waals surface area contributed by atoms with Crippen LogP contribution >= 0.6 is 0 Å². The van der Waals surface area contributed by atoms with Crippen LogP contribution in [0.4, 0.5) is 0 Å². The maximum absolute atomic E-state index is 12.0. The van der Waals surface area contributed by atoms with Crippen molar-refractivity contribution in [1.29, 1.82) is 0 Å². The molecule has 2 aromatic heterocycles. The van der Waals surface area contributed by atoms with Crippen molar-refractivity contribution in [2.24, 2.45) is 0 Å². The number of aromatic amines is 1. The smallest absolute Gasteiger partial charge is 0.255 e.